The number of amides is 3. The normalized spacial score (nSPS) is 16.3. The van der Waals surface area contributed by atoms with E-state index in [2.05, 4.69) is 10.6 Å². The molecular weight excluding hydrogens is 349 g/mol. The smallest absolute Gasteiger partial charge is 0.253 e. The largest absolute Gasteiger partial charge is 0.352 e. The summed E-state index contributed by atoms with van der Waals surface area (Å²) in [5.41, 5.74) is 0.897. The molecular formula is C20H20FN3O3. The Labute approximate surface area is 156 Å². The van der Waals surface area contributed by atoms with Crippen LogP contribution in [0.25, 0.3) is 0 Å². The monoisotopic (exact) mass is 369 g/mol. The topological polar surface area (TPSA) is 78.5 Å². The molecule has 0 spiro atoms. The van der Waals surface area contributed by atoms with Gasteiger partial charge in [-0.15, -0.1) is 0 Å². The van der Waals surface area contributed by atoms with Gasteiger partial charge in [-0.3, -0.25) is 14.4 Å². The van der Waals surface area contributed by atoms with Crippen molar-refractivity contribution in [3.05, 3.63) is 59.9 Å². The minimum Gasteiger partial charge on any atom is -0.352 e. The second-order valence-electron chi connectivity index (χ2n) is 6.25. The van der Waals surface area contributed by atoms with Crippen molar-refractivity contribution in [3.63, 3.8) is 0 Å². The molecule has 1 aliphatic rings. The van der Waals surface area contributed by atoms with Crippen LogP contribution in [0, 0.1) is 11.7 Å². The first-order valence-corrected chi connectivity index (χ1v) is 8.74. The summed E-state index contributed by atoms with van der Waals surface area (Å²) in [5.74, 6) is -2.10. The summed E-state index contributed by atoms with van der Waals surface area (Å²) < 4.78 is 14.0. The number of benzene rings is 2. The Balaban J connectivity index is 1.74. The van der Waals surface area contributed by atoms with Crippen LogP contribution >= 0.6 is 0 Å². The zero-order chi connectivity index (χ0) is 19.4. The Morgan fingerprint density at radius 3 is 2.59 bits per heavy atom. The molecule has 1 saturated heterocycles. The molecule has 0 bridgehead atoms. The lowest BCUT2D eigenvalue weighted by Gasteiger charge is -2.17. The van der Waals surface area contributed by atoms with E-state index in [1.54, 1.807) is 43.3 Å². The third-order valence-electron chi connectivity index (χ3n) is 4.41. The highest BCUT2D eigenvalue weighted by molar-refractivity contribution is 6.07. The Morgan fingerprint density at radius 2 is 1.85 bits per heavy atom. The highest BCUT2D eigenvalue weighted by Crippen LogP contribution is 2.28. The molecule has 0 aliphatic carbocycles. The number of carbonyl (C=O) groups excluding carboxylic acids is 3. The third-order valence-corrected chi connectivity index (χ3v) is 4.41. The first-order valence-electron chi connectivity index (χ1n) is 8.74. The van der Waals surface area contributed by atoms with Crippen molar-refractivity contribution >= 4 is 29.1 Å². The lowest BCUT2D eigenvalue weighted by molar-refractivity contribution is -0.122. The van der Waals surface area contributed by atoms with Gasteiger partial charge >= 0.3 is 0 Å². The van der Waals surface area contributed by atoms with E-state index in [1.165, 1.54) is 17.0 Å². The van der Waals surface area contributed by atoms with Crippen molar-refractivity contribution in [2.45, 2.75) is 13.3 Å². The van der Waals surface area contributed by atoms with Gasteiger partial charge in [0.1, 0.15) is 5.82 Å². The van der Waals surface area contributed by atoms with E-state index in [1.807, 2.05) is 0 Å². The van der Waals surface area contributed by atoms with Gasteiger partial charge in [0.15, 0.2) is 0 Å². The van der Waals surface area contributed by atoms with Gasteiger partial charge in [-0.2, -0.15) is 0 Å². The standard InChI is InChI=1S/C20H20FN3O3/c1-2-22-20(27)14-7-3-5-9-16(14)23-19(26)13-11-18(25)24(12-13)17-10-6-4-8-15(17)21/h3-10,13H,2,11-12H2,1H3,(H,22,27)(H,23,26)/t13-/m1/s1. The van der Waals surface area contributed by atoms with Crippen LogP contribution in [0.3, 0.4) is 0 Å². The van der Waals surface area contributed by atoms with Gasteiger partial charge in [-0.25, -0.2) is 4.39 Å². The van der Waals surface area contributed by atoms with Crippen LogP contribution < -0.4 is 15.5 Å². The Hall–Kier alpha value is -3.22. The molecule has 1 atom stereocenters. The van der Waals surface area contributed by atoms with Gasteiger partial charge in [-0.1, -0.05) is 24.3 Å². The summed E-state index contributed by atoms with van der Waals surface area (Å²) in [4.78, 5) is 38.3. The predicted octanol–water partition coefficient (Wildman–Crippen LogP) is 2.57. The molecule has 0 aromatic heterocycles. The SMILES string of the molecule is CCNC(=O)c1ccccc1NC(=O)[C@@H]1CC(=O)N(c2ccccc2F)C1. The third kappa shape index (κ3) is 3.97. The van der Waals surface area contributed by atoms with Crippen LogP contribution in [0.4, 0.5) is 15.8 Å². The van der Waals surface area contributed by atoms with E-state index in [0.717, 1.165) is 0 Å². The van der Waals surface area contributed by atoms with Crippen molar-refractivity contribution in [1.29, 1.82) is 0 Å². The minimum absolute atomic E-state index is 0.0104. The maximum Gasteiger partial charge on any atom is 0.253 e. The van der Waals surface area contributed by atoms with Crippen LogP contribution in [0.5, 0.6) is 0 Å². The molecule has 1 aliphatic heterocycles. The number of nitrogens with one attached hydrogen (secondary N) is 2. The second kappa shape index (κ2) is 7.99. The maximum absolute atomic E-state index is 14.0. The number of halogens is 1. The summed E-state index contributed by atoms with van der Waals surface area (Å²) in [7, 11) is 0. The molecule has 0 radical (unpaired) electrons. The number of carbonyl (C=O) groups is 3. The lowest BCUT2D eigenvalue weighted by atomic mass is 10.1. The summed E-state index contributed by atoms with van der Waals surface area (Å²) >= 11 is 0. The molecule has 2 aromatic carbocycles. The average Bonchev–Trinajstić information content (AvgIpc) is 3.04. The fourth-order valence-corrected chi connectivity index (χ4v) is 3.07. The first kappa shape index (κ1) is 18.6. The van der Waals surface area contributed by atoms with Crippen LogP contribution in [0.1, 0.15) is 23.7 Å². The van der Waals surface area contributed by atoms with E-state index >= 15 is 0 Å². The number of hydrogen-bond acceptors (Lipinski definition) is 3. The summed E-state index contributed by atoms with van der Waals surface area (Å²) in [6.07, 6.45) is -0.0104. The van der Waals surface area contributed by atoms with Crippen molar-refractivity contribution < 1.29 is 18.8 Å². The van der Waals surface area contributed by atoms with E-state index in [0.29, 0.717) is 17.8 Å². The fourth-order valence-electron chi connectivity index (χ4n) is 3.07. The molecule has 1 heterocycles. The zero-order valence-electron chi connectivity index (χ0n) is 14.9. The first-order chi connectivity index (χ1) is 13.0. The predicted molar refractivity (Wildman–Crippen MR) is 99.9 cm³/mol. The van der Waals surface area contributed by atoms with E-state index < -0.39 is 11.7 Å². The molecule has 2 N–H and O–H groups in total. The molecule has 3 rings (SSSR count). The second-order valence-corrected chi connectivity index (χ2v) is 6.25. The number of para-hydroxylation sites is 2. The maximum atomic E-state index is 14.0. The molecule has 2 aromatic rings. The molecule has 7 heteroatoms. The molecule has 6 nitrogen and oxygen atoms in total. The molecule has 3 amide bonds. The van der Waals surface area contributed by atoms with Crippen molar-refractivity contribution in [2.24, 2.45) is 5.92 Å². The fraction of sp³-hybridized carbons (Fsp3) is 0.250. The Bertz CT molecular complexity index is 884. The van der Waals surface area contributed by atoms with Gasteiger partial charge in [0.05, 0.1) is 22.9 Å². The Kier molecular flexibility index (Phi) is 5.49. The van der Waals surface area contributed by atoms with Gasteiger partial charge in [0, 0.05) is 19.5 Å². The number of rotatable bonds is 5. The highest BCUT2D eigenvalue weighted by Gasteiger charge is 2.36. The summed E-state index contributed by atoms with van der Waals surface area (Å²) in [6, 6.07) is 12.6. The zero-order valence-corrected chi connectivity index (χ0v) is 14.9. The van der Waals surface area contributed by atoms with E-state index in [4.69, 9.17) is 0 Å². The van der Waals surface area contributed by atoms with Gasteiger partial charge in [0.2, 0.25) is 11.8 Å². The highest BCUT2D eigenvalue weighted by atomic mass is 19.1. The van der Waals surface area contributed by atoms with E-state index in [-0.39, 0.29) is 36.4 Å². The number of anilines is 2. The summed E-state index contributed by atoms with van der Waals surface area (Å²) in [5, 5.41) is 5.42. The van der Waals surface area contributed by atoms with Crippen LogP contribution in [0.15, 0.2) is 48.5 Å². The average molecular weight is 369 g/mol. The van der Waals surface area contributed by atoms with Gasteiger partial charge < -0.3 is 15.5 Å². The molecule has 1 fully saturated rings. The minimum atomic E-state index is -0.626. The molecule has 27 heavy (non-hydrogen) atoms. The number of nitrogens with zero attached hydrogens (tertiary/aromatic N) is 1. The van der Waals surface area contributed by atoms with Crippen LogP contribution in [-0.4, -0.2) is 30.8 Å². The lowest BCUT2D eigenvalue weighted by Crippen LogP contribution is -2.30. The van der Waals surface area contributed by atoms with Crippen LogP contribution in [-0.2, 0) is 9.59 Å². The molecule has 0 saturated carbocycles. The van der Waals surface area contributed by atoms with Crippen molar-refractivity contribution in [2.75, 3.05) is 23.3 Å². The Morgan fingerprint density at radius 1 is 1.15 bits per heavy atom. The quantitative estimate of drug-likeness (QED) is 0.850. The summed E-state index contributed by atoms with van der Waals surface area (Å²) in [6.45, 7) is 2.37. The number of hydrogen-bond donors (Lipinski definition) is 2. The van der Waals surface area contributed by atoms with Gasteiger partial charge in [0.25, 0.3) is 5.91 Å². The van der Waals surface area contributed by atoms with Crippen molar-refractivity contribution in [3.8, 4) is 0 Å². The van der Waals surface area contributed by atoms with Crippen molar-refractivity contribution in [1.82, 2.24) is 5.32 Å². The molecule has 0 unspecified atom stereocenters. The van der Waals surface area contributed by atoms with Crippen LogP contribution in [0.2, 0.25) is 0 Å². The van der Waals surface area contributed by atoms with E-state index in [9.17, 15) is 18.8 Å². The molecule has 140 valence electrons. The van der Waals surface area contributed by atoms with Gasteiger partial charge in [-0.05, 0) is 31.2 Å².